The minimum absolute atomic E-state index is 0.0150. The molecule has 32 heavy (non-hydrogen) atoms. The molecule has 0 spiro atoms. The van der Waals surface area contributed by atoms with Crippen LogP contribution in [0.15, 0.2) is 47.4 Å². The van der Waals surface area contributed by atoms with E-state index in [4.69, 9.17) is 0 Å². The Morgan fingerprint density at radius 2 is 1.69 bits per heavy atom. The summed E-state index contributed by atoms with van der Waals surface area (Å²) in [5.41, 5.74) is 6.28. The Labute approximate surface area is 187 Å². The van der Waals surface area contributed by atoms with Gasteiger partial charge in [0, 0.05) is 35.9 Å². The number of para-hydroxylation sites is 1. The predicted octanol–water partition coefficient (Wildman–Crippen LogP) is 3.95. The number of carbonyl (C=O) groups is 1. The van der Waals surface area contributed by atoms with Crippen molar-refractivity contribution in [3.63, 3.8) is 0 Å². The lowest BCUT2D eigenvalue weighted by Crippen LogP contribution is -2.36. The van der Waals surface area contributed by atoms with Gasteiger partial charge < -0.3 is 9.47 Å². The van der Waals surface area contributed by atoms with E-state index in [9.17, 15) is 9.59 Å². The van der Waals surface area contributed by atoms with E-state index in [1.165, 1.54) is 26.9 Å². The number of rotatable bonds is 4. The van der Waals surface area contributed by atoms with Gasteiger partial charge in [-0.2, -0.15) is 5.10 Å². The Bertz CT molecular complexity index is 1380. The molecule has 0 atom stereocenters. The summed E-state index contributed by atoms with van der Waals surface area (Å²) in [7, 11) is 0. The third kappa shape index (κ3) is 3.40. The monoisotopic (exact) mass is 428 g/mol. The van der Waals surface area contributed by atoms with E-state index in [2.05, 4.69) is 42.6 Å². The molecular weight excluding hydrogens is 400 g/mol. The fraction of sp³-hybridized carbons (Fsp3) is 0.346. The molecule has 1 fully saturated rings. The number of aromatic nitrogens is 3. The van der Waals surface area contributed by atoms with Crippen molar-refractivity contribution in [2.45, 2.75) is 46.7 Å². The van der Waals surface area contributed by atoms with Crippen LogP contribution in [0.2, 0.25) is 0 Å². The molecule has 2 aromatic carbocycles. The highest BCUT2D eigenvalue weighted by atomic mass is 16.2. The van der Waals surface area contributed by atoms with E-state index in [0.717, 1.165) is 42.2 Å². The molecule has 1 aliphatic rings. The van der Waals surface area contributed by atoms with Crippen LogP contribution in [0.25, 0.3) is 21.8 Å². The first-order valence-electron chi connectivity index (χ1n) is 11.3. The van der Waals surface area contributed by atoms with Gasteiger partial charge in [0.25, 0.3) is 5.56 Å². The molecule has 0 N–H and O–H groups in total. The van der Waals surface area contributed by atoms with Gasteiger partial charge in [-0.1, -0.05) is 35.9 Å². The Balaban J connectivity index is 1.67. The van der Waals surface area contributed by atoms with Gasteiger partial charge in [-0.25, -0.2) is 4.68 Å². The summed E-state index contributed by atoms with van der Waals surface area (Å²) in [4.78, 5) is 28.1. The summed E-state index contributed by atoms with van der Waals surface area (Å²) >= 11 is 0. The van der Waals surface area contributed by atoms with Crippen LogP contribution in [0.3, 0.4) is 0 Å². The molecule has 0 radical (unpaired) electrons. The van der Waals surface area contributed by atoms with Gasteiger partial charge in [0.1, 0.15) is 12.1 Å². The van der Waals surface area contributed by atoms with E-state index < -0.39 is 0 Å². The second-order valence-corrected chi connectivity index (χ2v) is 8.94. The molecule has 2 aromatic heterocycles. The molecule has 0 unspecified atom stereocenters. The third-order valence-electron chi connectivity index (χ3n) is 6.67. The molecular formula is C26H28N4O2. The average molecular weight is 429 g/mol. The van der Waals surface area contributed by atoms with Crippen LogP contribution in [0.4, 0.5) is 0 Å². The largest absolute Gasteiger partial charge is 0.341 e. The summed E-state index contributed by atoms with van der Waals surface area (Å²) in [6, 6.07) is 12.4. The highest BCUT2D eigenvalue weighted by molar-refractivity contribution is 6.07. The number of aryl methyl sites for hydroxylation is 3. The molecule has 1 aliphatic heterocycles. The van der Waals surface area contributed by atoms with E-state index in [-0.39, 0.29) is 18.0 Å². The van der Waals surface area contributed by atoms with Crippen LogP contribution in [0.5, 0.6) is 0 Å². The normalized spacial score (nSPS) is 14.0. The summed E-state index contributed by atoms with van der Waals surface area (Å²) in [5.74, 6) is -0.0377. The van der Waals surface area contributed by atoms with Crippen LogP contribution in [-0.2, 0) is 17.9 Å². The first-order valence-corrected chi connectivity index (χ1v) is 11.3. The molecule has 0 bridgehead atoms. The molecule has 1 saturated heterocycles. The maximum atomic E-state index is 13.6. The SMILES string of the molecule is Cc1cc(C)c(Cn2c3ccccc3c3cnn(CC(=O)N4CCCC4)c(=O)c32)c(C)c1. The van der Waals surface area contributed by atoms with Gasteiger partial charge in [-0.15, -0.1) is 0 Å². The smallest absolute Gasteiger partial charge is 0.291 e. The van der Waals surface area contributed by atoms with E-state index >= 15 is 0 Å². The number of nitrogens with zero attached hydrogens (tertiary/aromatic N) is 4. The van der Waals surface area contributed by atoms with Crippen LogP contribution in [-0.4, -0.2) is 38.2 Å². The first kappa shape index (κ1) is 20.5. The number of carbonyl (C=O) groups excluding carboxylic acids is 1. The lowest BCUT2D eigenvalue weighted by atomic mass is 10.00. The lowest BCUT2D eigenvalue weighted by Gasteiger charge is -2.16. The zero-order valence-electron chi connectivity index (χ0n) is 18.9. The summed E-state index contributed by atoms with van der Waals surface area (Å²) in [6.07, 6.45) is 3.79. The fourth-order valence-electron chi connectivity index (χ4n) is 5.08. The van der Waals surface area contributed by atoms with Crippen molar-refractivity contribution in [2.75, 3.05) is 13.1 Å². The molecule has 0 aliphatic carbocycles. The zero-order chi connectivity index (χ0) is 22.4. The highest BCUT2D eigenvalue weighted by Crippen LogP contribution is 2.28. The van der Waals surface area contributed by atoms with Crippen LogP contribution < -0.4 is 5.56 Å². The van der Waals surface area contributed by atoms with Crippen LogP contribution in [0, 0.1) is 20.8 Å². The predicted molar refractivity (Wildman–Crippen MR) is 127 cm³/mol. The number of fused-ring (bicyclic) bond motifs is 3. The molecule has 3 heterocycles. The Morgan fingerprint density at radius 3 is 2.41 bits per heavy atom. The molecule has 1 amide bonds. The molecule has 6 heteroatoms. The van der Waals surface area contributed by atoms with E-state index in [1.54, 1.807) is 6.20 Å². The van der Waals surface area contributed by atoms with Gasteiger partial charge >= 0.3 is 0 Å². The van der Waals surface area contributed by atoms with Crippen LogP contribution in [0.1, 0.15) is 35.1 Å². The van der Waals surface area contributed by atoms with Crippen molar-refractivity contribution in [2.24, 2.45) is 0 Å². The Morgan fingerprint density at radius 1 is 1.00 bits per heavy atom. The quantitative estimate of drug-likeness (QED) is 0.495. The number of amides is 1. The summed E-state index contributed by atoms with van der Waals surface area (Å²) in [6.45, 7) is 8.46. The summed E-state index contributed by atoms with van der Waals surface area (Å²) < 4.78 is 3.42. The standard InChI is InChI=1S/C26H28N4O2/c1-17-12-18(2)22(19(3)13-17)15-29-23-9-5-4-8-20(23)21-14-27-30(26(32)25(21)29)16-24(31)28-10-6-7-11-28/h4-5,8-9,12-14H,6-7,10-11,15-16H2,1-3H3. The van der Waals surface area contributed by atoms with Crippen LogP contribution >= 0.6 is 0 Å². The zero-order valence-corrected chi connectivity index (χ0v) is 18.9. The maximum Gasteiger partial charge on any atom is 0.291 e. The third-order valence-corrected chi connectivity index (χ3v) is 6.67. The van der Waals surface area contributed by atoms with Crippen molar-refractivity contribution in [3.8, 4) is 0 Å². The number of benzene rings is 2. The van der Waals surface area contributed by atoms with E-state index in [0.29, 0.717) is 12.1 Å². The van der Waals surface area contributed by atoms with Crippen molar-refractivity contribution < 1.29 is 4.79 Å². The van der Waals surface area contributed by atoms with Gasteiger partial charge in [0.05, 0.1) is 6.20 Å². The Hall–Kier alpha value is -3.41. The van der Waals surface area contributed by atoms with Gasteiger partial charge in [0.15, 0.2) is 0 Å². The van der Waals surface area contributed by atoms with Crippen molar-refractivity contribution in [1.29, 1.82) is 0 Å². The summed E-state index contributed by atoms with van der Waals surface area (Å²) in [5, 5.41) is 6.22. The lowest BCUT2D eigenvalue weighted by molar-refractivity contribution is -0.131. The van der Waals surface area contributed by atoms with Crippen molar-refractivity contribution in [3.05, 3.63) is 75.2 Å². The molecule has 164 valence electrons. The number of likely N-dealkylation sites (tertiary alicyclic amines) is 1. The van der Waals surface area contributed by atoms with Crippen molar-refractivity contribution in [1.82, 2.24) is 19.2 Å². The number of hydrogen-bond donors (Lipinski definition) is 0. The minimum atomic E-state index is -0.214. The molecule has 5 rings (SSSR count). The van der Waals surface area contributed by atoms with E-state index in [1.807, 2.05) is 29.2 Å². The van der Waals surface area contributed by atoms with Gasteiger partial charge in [0.2, 0.25) is 5.91 Å². The topological polar surface area (TPSA) is 60.1 Å². The fourth-order valence-corrected chi connectivity index (χ4v) is 5.08. The van der Waals surface area contributed by atoms with Gasteiger partial charge in [-0.05, 0) is 56.4 Å². The number of hydrogen-bond acceptors (Lipinski definition) is 3. The average Bonchev–Trinajstić information content (AvgIpc) is 3.40. The molecule has 0 saturated carbocycles. The Kier molecular flexibility index (Phi) is 5.08. The highest BCUT2D eigenvalue weighted by Gasteiger charge is 2.21. The van der Waals surface area contributed by atoms with Crippen molar-refractivity contribution >= 4 is 27.7 Å². The molecule has 6 nitrogen and oxygen atoms in total. The second kappa shape index (κ2) is 7.93. The molecule has 4 aromatic rings. The maximum absolute atomic E-state index is 13.6. The van der Waals surface area contributed by atoms with Gasteiger partial charge in [-0.3, -0.25) is 9.59 Å². The minimum Gasteiger partial charge on any atom is -0.341 e. The first-order chi connectivity index (χ1) is 15.4. The second-order valence-electron chi connectivity index (χ2n) is 8.94.